The minimum atomic E-state index is -0.139. The highest BCUT2D eigenvalue weighted by atomic mass is 19.1. The molecule has 100 valence electrons. The first-order valence-electron chi connectivity index (χ1n) is 7.18. The van der Waals surface area contributed by atoms with Gasteiger partial charge in [0.25, 0.3) is 0 Å². The van der Waals surface area contributed by atoms with E-state index in [1.165, 1.54) is 31.2 Å². The lowest BCUT2D eigenvalue weighted by atomic mass is 9.64. The Bertz CT molecular complexity index is 369. The van der Waals surface area contributed by atoms with Gasteiger partial charge in [0, 0.05) is 12.5 Å². The molecule has 18 heavy (non-hydrogen) atoms. The molecule has 1 aliphatic heterocycles. The van der Waals surface area contributed by atoms with E-state index in [4.69, 9.17) is 0 Å². The van der Waals surface area contributed by atoms with Crippen molar-refractivity contribution in [3.8, 4) is 0 Å². The van der Waals surface area contributed by atoms with E-state index in [9.17, 15) is 4.39 Å². The number of piperidine rings is 1. The number of hydrogen-bond acceptors (Lipinski definition) is 1. The van der Waals surface area contributed by atoms with Crippen LogP contribution in [0.3, 0.4) is 0 Å². The molecule has 1 aliphatic rings. The molecule has 1 aromatic rings. The van der Waals surface area contributed by atoms with Crippen molar-refractivity contribution >= 4 is 0 Å². The first-order chi connectivity index (χ1) is 8.72. The van der Waals surface area contributed by atoms with Crippen LogP contribution in [0.5, 0.6) is 0 Å². The van der Waals surface area contributed by atoms with Crippen LogP contribution in [0.15, 0.2) is 24.3 Å². The van der Waals surface area contributed by atoms with Gasteiger partial charge >= 0.3 is 0 Å². The average Bonchev–Trinajstić information content (AvgIpc) is 2.41. The minimum absolute atomic E-state index is 0.139. The summed E-state index contributed by atoms with van der Waals surface area (Å²) in [4.78, 5) is 0. The zero-order valence-corrected chi connectivity index (χ0v) is 11.5. The summed E-state index contributed by atoms with van der Waals surface area (Å²) in [7, 11) is 0. The first-order valence-corrected chi connectivity index (χ1v) is 7.18. The van der Waals surface area contributed by atoms with Crippen LogP contribution in [0.2, 0.25) is 0 Å². The molecule has 0 bridgehead atoms. The second-order valence-electron chi connectivity index (χ2n) is 5.52. The molecule has 1 aromatic carbocycles. The fourth-order valence-corrected chi connectivity index (χ4v) is 3.54. The zero-order valence-electron chi connectivity index (χ0n) is 11.5. The van der Waals surface area contributed by atoms with Crippen LogP contribution in [-0.2, 0) is 0 Å². The number of halogens is 1. The summed E-state index contributed by atoms with van der Waals surface area (Å²) in [5.41, 5.74) is 1.69. The van der Waals surface area contributed by atoms with Crippen LogP contribution in [-0.4, -0.2) is 13.1 Å². The van der Waals surface area contributed by atoms with E-state index in [-0.39, 0.29) is 5.82 Å². The molecule has 2 atom stereocenters. The zero-order chi connectivity index (χ0) is 13.0. The second kappa shape index (κ2) is 5.83. The maximum Gasteiger partial charge on any atom is 0.123 e. The molecular formula is C16H24FN. The van der Waals surface area contributed by atoms with Crippen molar-refractivity contribution in [2.45, 2.75) is 45.4 Å². The minimum Gasteiger partial charge on any atom is -0.316 e. The third kappa shape index (κ3) is 2.59. The molecule has 0 saturated carbocycles. The van der Waals surface area contributed by atoms with E-state index < -0.39 is 0 Å². The van der Waals surface area contributed by atoms with E-state index in [0.29, 0.717) is 11.3 Å². The fraction of sp³-hybridized carbons (Fsp3) is 0.625. The van der Waals surface area contributed by atoms with Gasteiger partial charge in [0.1, 0.15) is 5.82 Å². The first kappa shape index (κ1) is 13.5. The lowest BCUT2D eigenvalue weighted by Gasteiger charge is -2.44. The molecular weight excluding hydrogens is 225 g/mol. The second-order valence-corrected chi connectivity index (χ2v) is 5.52. The van der Waals surface area contributed by atoms with Gasteiger partial charge in [-0.25, -0.2) is 4.39 Å². The highest BCUT2D eigenvalue weighted by Crippen LogP contribution is 2.46. The maximum absolute atomic E-state index is 13.1. The molecule has 2 heteroatoms. The van der Waals surface area contributed by atoms with Crippen LogP contribution in [0.1, 0.15) is 51.0 Å². The van der Waals surface area contributed by atoms with Crippen LogP contribution in [0.4, 0.5) is 4.39 Å². The lowest BCUT2D eigenvalue weighted by Crippen LogP contribution is -2.43. The Labute approximate surface area is 110 Å². The predicted molar refractivity (Wildman–Crippen MR) is 74.3 cm³/mol. The smallest absolute Gasteiger partial charge is 0.123 e. The van der Waals surface area contributed by atoms with Crippen molar-refractivity contribution < 1.29 is 4.39 Å². The quantitative estimate of drug-likeness (QED) is 0.847. The van der Waals surface area contributed by atoms with Crippen LogP contribution >= 0.6 is 0 Å². The largest absolute Gasteiger partial charge is 0.316 e. The molecule has 2 unspecified atom stereocenters. The number of nitrogens with one attached hydrogen (secondary N) is 1. The Hall–Kier alpha value is -0.890. The molecule has 0 spiro atoms. The van der Waals surface area contributed by atoms with E-state index in [0.717, 1.165) is 13.1 Å². The standard InChI is InChI=1S/C16H24FN/c1-3-9-16(4-2)10-11-18-12-15(16)13-5-7-14(17)8-6-13/h5-8,15,18H,3-4,9-12H2,1-2H3. The summed E-state index contributed by atoms with van der Waals surface area (Å²) < 4.78 is 13.1. The van der Waals surface area contributed by atoms with Gasteiger partial charge in [-0.05, 0) is 48.9 Å². The van der Waals surface area contributed by atoms with E-state index in [2.05, 4.69) is 19.2 Å². The Balaban J connectivity index is 2.29. The Kier molecular flexibility index (Phi) is 4.39. The normalized spacial score (nSPS) is 28.3. The van der Waals surface area contributed by atoms with Crippen molar-refractivity contribution in [3.63, 3.8) is 0 Å². The van der Waals surface area contributed by atoms with Gasteiger partial charge in [-0.1, -0.05) is 32.4 Å². The Morgan fingerprint density at radius 3 is 2.61 bits per heavy atom. The molecule has 1 nitrogen and oxygen atoms in total. The maximum atomic E-state index is 13.1. The summed E-state index contributed by atoms with van der Waals surface area (Å²) in [5.74, 6) is 0.386. The summed E-state index contributed by atoms with van der Waals surface area (Å²) in [6, 6.07) is 7.12. The summed E-state index contributed by atoms with van der Waals surface area (Å²) in [5, 5.41) is 3.50. The molecule has 0 amide bonds. The molecule has 0 radical (unpaired) electrons. The third-order valence-corrected chi connectivity index (χ3v) is 4.61. The SMILES string of the molecule is CCCC1(CC)CCNCC1c1ccc(F)cc1. The molecule has 1 fully saturated rings. The Morgan fingerprint density at radius 1 is 1.28 bits per heavy atom. The molecule has 1 saturated heterocycles. The number of benzene rings is 1. The molecule has 0 aromatic heterocycles. The molecule has 0 aliphatic carbocycles. The summed E-state index contributed by atoms with van der Waals surface area (Å²) >= 11 is 0. The summed E-state index contributed by atoms with van der Waals surface area (Å²) in [6.07, 6.45) is 4.95. The molecule has 2 rings (SSSR count). The van der Waals surface area contributed by atoms with Crippen molar-refractivity contribution in [1.82, 2.24) is 5.32 Å². The highest BCUT2D eigenvalue weighted by molar-refractivity contribution is 5.24. The number of hydrogen-bond donors (Lipinski definition) is 1. The van der Waals surface area contributed by atoms with Gasteiger partial charge < -0.3 is 5.32 Å². The van der Waals surface area contributed by atoms with Gasteiger partial charge in [0.05, 0.1) is 0 Å². The average molecular weight is 249 g/mol. The van der Waals surface area contributed by atoms with Gasteiger partial charge in [-0.15, -0.1) is 0 Å². The van der Waals surface area contributed by atoms with Crippen LogP contribution < -0.4 is 5.32 Å². The Morgan fingerprint density at radius 2 is 2.00 bits per heavy atom. The third-order valence-electron chi connectivity index (χ3n) is 4.61. The monoisotopic (exact) mass is 249 g/mol. The summed E-state index contributed by atoms with van der Waals surface area (Å²) in [6.45, 7) is 6.71. The van der Waals surface area contributed by atoms with Crippen molar-refractivity contribution in [2.75, 3.05) is 13.1 Å². The van der Waals surface area contributed by atoms with Crippen LogP contribution in [0, 0.1) is 11.2 Å². The van der Waals surface area contributed by atoms with Gasteiger partial charge in [-0.3, -0.25) is 0 Å². The molecule has 1 heterocycles. The number of rotatable bonds is 4. The van der Waals surface area contributed by atoms with Gasteiger partial charge in [-0.2, -0.15) is 0 Å². The van der Waals surface area contributed by atoms with Crippen molar-refractivity contribution in [3.05, 3.63) is 35.6 Å². The van der Waals surface area contributed by atoms with E-state index in [1.807, 2.05) is 12.1 Å². The molecule has 1 N–H and O–H groups in total. The van der Waals surface area contributed by atoms with Crippen molar-refractivity contribution in [1.29, 1.82) is 0 Å². The van der Waals surface area contributed by atoms with Crippen LogP contribution in [0.25, 0.3) is 0 Å². The fourth-order valence-electron chi connectivity index (χ4n) is 3.54. The van der Waals surface area contributed by atoms with E-state index in [1.54, 1.807) is 12.1 Å². The highest BCUT2D eigenvalue weighted by Gasteiger charge is 2.39. The van der Waals surface area contributed by atoms with Crippen molar-refractivity contribution in [2.24, 2.45) is 5.41 Å². The lowest BCUT2D eigenvalue weighted by molar-refractivity contribution is 0.139. The van der Waals surface area contributed by atoms with E-state index >= 15 is 0 Å². The predicted octanol–water partition coefficient (Wildman–Crippen LogP) is 4.10. The van der Waals surface area contributed by atoms with Gasteiger partial charge in [0.15, 0.2) is 0 Å². The topological polar surface area (TPSA) is 12.0 Å². The van der Waals surface area contributed by atoms with Gasteiger partial charge in [0.2, 0.25) is 0 Å².